The van der Waals surface area contributed by atoms with E-state index in [2.05, 4.69) is 0 Å². The van der Waals surface area contributed by atoms with Crippen LogP contribution in [0.1, 0.15) is 13.8 Å². The lowest BCUT2D eigenvalue weighted by molar-refractivity contribution is -0.891. The summed E-state index contributed by atoms with van der Waals surface area (Å²) in [4.78, 5) is 10.3. The van der Waals surface area contributed by atoms with Gasteiger partial charge >= 0.3 is 17.3 Å². The molecule has 0 aliphatic rings. The maximum absolute atomic E-state index is 11.4. The van der Waals surface area contributed by atoms with Gasteiger partial charge in [0, 0.05) is 0 Å². The molecule has 0 aliphatic heterocycles. The Morgan fingerprint density at radius 1 is 0.962 bits per heavy atom. The van der Waals surface area contributed by atoms with E-state index in [4.69, 9.17) is 9.68 Å². The molecule has 0 radical (unpaired) electrons. The number of imidazole rings is 1. The molecule has 0 spiro atoms. The summed E-state index contributed by atoms with van der Waals surface area (Å²) in [5, 5.41) is 0. The first-order chi connectivity index (χ1) is 11.6. The molecule has 0 aromatic carbocycles. The molecule has 0 bridgehead atoms. The van der Waals surface area contributed by atoms with E-state index in [0.29, 0.717) is 13.2 Å². The van der Waals surface area contributed by atoms with Crippen molar-refractivity contribution >= 4 is 20.0 Å². The van der Waals surface area contributed by atoms with E-state index >= 15 is 0 Å². The van der Waals surface area contributed by atoms with Gasteiger partial charge in [-0.1, -0.05) is 0 Å². The Kier molecular flexibility index (Phi) is 8.17. The third kappa shape index (κ3) is 7.24. The van der Waals surface area contributed by atoms with Crippen molar-refractivity contribution < 1.29 is 57.6 Å². The Bertz CT molecular complexity index is 708. The molecule has 0 atom stereocenters. The Morgan fingerprint density at radius 2 is 1.42 bits per heavy atom. The molecule has 0 fully saturated rings. The standard InChI is InChI=1S/C7H13N2O2.C2F6NO4S2/c1-3-10-8-5-6-9(7-8)11-4-2;3-1(4,5)14(10,11)9-15(12,13)2(6,7)8/h5-7H,3-4H2,1-2H3;/q+1;-1. The van der Waals surface area contributed by atoms with Crippen molar-refractivity contribution in [2.45, 2.75) is 24.9 Å². The van der Waals surface area contributed by atoms with Gasteiger partial charge < -0.3 is 13.8 Å². The minimum Gasteiger partial charge on any atom is -0.421 e. The van der Waals surface area contributed by atoms with Gasteiger partial charge in [-0.2, -0.15) is 26.3 Å². The second-order valence-corrected chi connectivity index (χ2v) is 7.31. The fraction of sp³-hybridized carbons (Fsp3) is 0.667. The molecular weight excluding hydrogens is 424 g/mol. The second-order valence-electron chi connectivity index (χ2n) is 3.89. The van der Waals surface area contributed by atoms with E-state index in [1.807, 2.05) is 13.8 Å². The van der Waals surface area contributed by atoms with Crippen LogP contribution < -0.4 is 14.4 Å². The van der Waals surface area contributed by atoms with Gasteiger partial charge in [0.05, 0.1) is 0 Å². The van der Waals surface area contributed by atoms with Gasteiger partial charge in [-0.15, -0.1) is 0 Å². The lowest BCUT2D eigenvalue weighted by Gasteiger charge is -2.22. The quantitative estimate of drug-likeness (QED) is 0.480. The van der Waals surface area contributed by atoms with Crippen molar-refractivity contribution in [2.75, 3.05) is 13.2 Å². The highest BCUT2D eigenvalue weighted by Crippen LogP contribution is 2.36. The van der Waals surface area contributed by atoms with E-state index in [-0.39, 0.29) is 0 Å². The molecular formula is C9H13F6N3O6S2. The largest absolute Gasteiger partial charge is 0.480 e. The molecule has 1 aromatic heterocycles. The van der Waals surface area contributed by atoms with Crippen LogP contribution in [0.3, 0.4) is 0 Å². The molecule has 26 heavy (non-hydrogen) atoms. The number of alkyl halides is 6. The molecule has 17 heteroatoms. The van der Waals surface area contributed by atoms with Crippen LogP contribution in [0.15, 0.2) is 18.7 Å². The number of sulfonamides is 2. The summed E-state index contributed by atoms with van der Waals surface area (Å²) in [5.41, 5.74) is -12.4. The molecule has 154 valence electrons. The summed E-state index contributed by atoms with van der Waals surface area (Å²) in [6.07, 6.45) is 5.31. The lowest BCUT2D eigenvalue weighted by Crippen LogP contribution is -2.40. The molecule has 1 heterocycles. The number of rotatable bonds is 6. The van der Waals surface area contributed by atoms with Crippen molar-refractivity contribution in [2.24, 2.45) is 0 Å². The van der Waals surface area contributed by atoms with Crippen molar-refractivity contribution in [1.82, 2.24) is 4.73 Å². The van der Waals surface area contributed by atoms with Gasteiger partial charge in [-0.05, 0) is 23.3 Å². The molecule has 0 N–H and O–H groups in total. The van der Waals surface area contributed by atoms with Gasteiger partial charge in [0.2, 0.25) is 0 Å². The first-order valence-corrected chi connectivity index (χ1v) is 9.18. The molecule has 0 unspecified atom stereocenters. The van der Waals surface area contributed by atoms with Gasteiger partial charge in [-0.25, -0.2) is 16.8 Å². The van der Waals surface area contributed by atoms with Gasteiger partial charge in [0.25, 0.3) is 0 Å². The third-order valence-corrected chi connectivity index (χ3v) is 4.67. The Hall–Kier alpha value is -1.75. The summed E-state index contributed by atoms with van der Waals surface area (Å²) in [6.45, 7) is 5.18. The maximum Gasteiger partial charge on any atom is 0.480 e. The normalized spacial score (nSPS) is 12.9. The monoisotopic (exact) mass is 437 g/mol. The van der Waals surface area contributed by atoms with Crippen LogP contribution in [-0.4, -0.2) is 45.8 Å². The minimum atomic E-state index is -6.72. The number of nitrogens with zero attached hydrogens (tertiary/aromatic N) is 3. The highest BCUT2D eigenvalue weighted by atomic mass is 32.3. The predicted octanol–water partition coefficient (Wildman–Crippen LogP) is 0.732. The van der Waals surface area contributed by atoms with E-state index < -0.39 is 31.1 Å². The highest BCUT2D eigenvalue weighted by Gasteiger charge is 2.46. The summed E-state index contributed by atoms with van der Waals surface area (Å²) in [6, 6.07) is 0. The summed E-state index contributed by atoms with van der Waals surface area (Å²) in [5.74, 6) is 0. The molecule has 0 aliphatic carbocycles. The summed E-state index contributed by atoms with van der Waals surface area (Å²) in [7, 11) is -13.4. The van der Waals surface area contributed by atoms with Crippen molar-refractivity contribution in [3.05, 3.63) is 22.8 Å². The van der Waals surface area contributed by atoms with E-state index in [9.17, 15) is 43.2 Å². The number of hydrogen-bond donors (Lipinski definition) is 0. The van der Waals surface area contributed by atoms with Gasteiger partial charge in [0.1, 0.15) is 13.2 Å². The molecule has 0 saturated carbocycles. The SMILES string of the molecule is CCOn1cc[n+](OCC)c1.O=S(=O)([N-]S(=O)(=O)C(F)(F)F)C(F)(F)F. The highest BCUT2D eigenvalue weighted by molar-refractivity contribution is 8.13. The average Bonchev–Trinajstić information content (AvgIpc) is 2.84. The second kappa shape index (κ2) is 8.76. The lowest BCUT2D eigenvalue weighted by atomic mass is 10.9. The van der Waals surface area contributed by atoms with E-state index in [1.54, 1.807) is 28.2 Å². The summed E-state index contributed by atoms with van der Waals surface area (Å²) >= 11 is 0. The van der Waals surface area contributed by atoms with E-state index in [1.165, 1.54) is 0 Å². The van der Waals surface area contributed by atoms with Crippen LogP contribution in [0.2, 0.25) is 0 Å². The number of aromatic nitrogens is 2. The number of halogens is 6. The van der Waals surface area contributed by atoms with E-state index in [0.717, 1.165) is 4.13 Å². The zero-order valence-corrected chi connectivity index (χ0v) is 14.7. The van der Waals surface area contributed by atoms with Crippen molar-refractivity contribution in [3.8, 4) is 0 Å². The maximum atomic E-state index is 11.4. The van der Waals surface area contributed by atoms with Crippen molar-refractivity contribution in [3.63, 3.8) is 0 Å². The average molecular weight is 437 g/mol. The smallest absolute Gasteiger partial charge is 0.421 e. The fourth-order valence-electron chi connectivity index (χ4n) is 0.985. The first-order valence-electron chi connectivity index (χ1n) is 6.30. The number of hydrogen-bond acceptors (Lipinski definition) is 6. The van der Waals surface area contributed by atoms with Crippen LogP contribution >= 0.6 is 0 Å². The Morgan fingerprint density at radius 3 is 1.77 bits per heavy atom. The van der Waals surface area contributed by atoms with Crippen LogP contribution in [0.4, 0.5) is 26.3 Å². The summed E-state index contributed by atoms with van der Waals surface area (Å²) < 4.78 is 112. The van der Waals surface area contributed by atoms with Crippen molar-refractivity contribution in [1.29, 1.82) is 0 Å². The molecule has 1 rings (SSSR count). The Balaban J connectivity index is 0.000000502. The van der Waals surface area contributed by atoms with Crippen LogP contribution in [-0.2, 0) is 20.0 Å². The van der Waals surface area contributed by atoms with Gasteiger partial charge in [0.15, 0.2) is 32.4 Å². The molecule has 0 amide bonds. The first kappa shape index (κ1) is 24.2. The van der Waals surface area contributed by atoms with Gasteiger partial charge in [-0.3, -0.25) is 0 Å². The molecule has 0 saturated heterocycles. The van der Waals surface area contributed by atoms with Crippen LogP contribution in [0.5, 0.6) is 0 Å². The third-order valence-electron chi connectivity index (χ3n) is 1.93. The fourth-order valence-corrected chi connectivity index (χ4v) is 2.69. The zero-order valence-electron chi connectivity index (χ0n) is 13.0. The predicted molar refractivity (Wildman–Crippen MR) is 72.2 cm³/mol. The van der Waals surface area contributed by atoms with Crippen LogP contribution in [0.25, 0.3) is 4.13 Å². The topological polar surface area (TPSA) is 110 Å². The zero-order chi connectivity index (χ0) is 20.8. The Labute approximate surface area is 144 Å². The molecule has 1 aromatic rings. The minimum absolute atomic E-state index is 0.654. The van der Waals surface area contributed by atoms with Crippen LogP contribution in [0, 0.1) is 0 Å². The molecule has 9 nitrogen and oxygen atoms in total.